The van der Waals surface area contributed by atoms with E-state index in [0.29, 0.717) is 17.8 Å². The summed E-state index contributed by atoms with van der Waals surface area (Å²) in [5.41, 5.74) is 6.92. The molecule has 3 nitrogen and oxygen atoms in total. The van der Waals surface area contributed by atoms with E-state index in [1.54, 1.807) is 6.20 Å². The number of nitrogens with zero attached hydrogens (tertiary/aromatic N) is 1. The van der Waals surface area contributed by atoms with Gasteiger partial charge in [-0.05, 0) is 50.0 Å². The highest BCUT2D eigenvalue weighted by Gasteiger charge is 2.23. The van der Waals surface area contributed by atoms with Gasteiger partial charge >= 0.3 is 0 Å². The van der Waals surface area contributed by atoms with Crippen molar-refractivity contribution in [3.63, 3.8) is 0 Å². The summed E-state index contributed by atoms with van der Waals surface area (Å²) in [5, 5.41) is 9.66. The van der Waals surface area contributed by atoms with Gasteiger partial charge in [0, 0.05) is 19.3 Å². The molecule has 0 aromatic heterocycles. The van der Waals surface area contributed by atoms with Gasteiger partial charge in [0.25, 0.3) is 0 Å². The number of allylic oxidation sites excluding steroid dienone is 2. The van der Waals surface area contributed by atoms with Crippen LogP contribution in [-0.4, -0.2) is 29.2 Å². The Kier molecular flexibility index (Phi) is 7.14. The van der Waals surface area contributed by atoms with Crippen molar-refractivity contribution in [3.05, 3.63) is 24.0 Å². The smallest absolute Gasteiger partial charge is 0.0541 e. The zero-order chi connectivity index (χ0) is 15.1. The molecule has 0 aromatic rings. The number of hydrogen-bond acceptors (Lipinski definition) is 3. The number of aliphatic hydroxyl groups is 1. The van der Waals surface area contributed by atoms with Crippen LogP contribution in [0.15, 0.2) is 24.0 Å². The molecule has 0 aliphatic carbocycles. The number of hydrogen-bond donors (Lipinski definition) is 2. The number of piperidine rings is 1. The first-order valence-corrected chi connectivity index (χ1v) is 8.02. The number of rotatable bonds is 6. The van der Waals surface area contributed by atoms with Crippen LogP contribution in [0.4, 0.5) is 0 Å². The van der Waals surface area contributed by atoms with Crippen molar-refractivity contribution in [3.8, 4) is 0 Å². The van der Waals surface area contributed by atoms with E-state index in [0.717, 1.165) is 38.0 Å². The Hall–Kier alpha value is -0.960. The molecule has 1 saturated heterocycles. The molecule has 1 fully saturated rings. The molecule has 0 radical (unpaired) electrons. The van der Waals surface area contributed by atoms with E-state index in [4.69, 9.17) is 5.73 Å². The SMILES string of the molecule is CCC(/C=C\C(=C/N)N1CCC(C(C)O)CC1)C(C)C. The minimum Gasteiger partial charge on any atom is -0.403 e. The van der Waals surface area contributed by atoms with Crippen LogP contribution >= 0.6 is 0 Å². The highest BCUT2D eigenvalue weighted by atomic mass is 16.3. The number of nitrogens with two attached hydrogens (primary N) is 1. The normalized spacial score (nSPS) is 21.7. The summed E-state index contributed by atoms with van der Waals surface area (Å²) >= 11 is 0. The molecule has 2 atom stereocenters. The molecule has 0 saturated carbocycles. The molecule has 0 bridgehead atoms. The third kappa shape index (κ3) is 4.86. The summed E-state index contributed by atoms with van der Waals surface area (Å²) < 4.78 is 0. The zero-order valence-corrected chi connectivity index (χ0v) is 13.5. The minimum atomic E-state index is -0.191. The standard InChI is InChI=1S/C17H32N2O/c1-5-15(13(2)3)6-7-17(12-18)19-10-8-16(9-11-19)14(4)20/h6-7,12-16,20H,5,8-11,18H2,1-4H3/b7-6-,17-12+. The van der Waals surface area contributed by atoms with E-state index in [1.807, 2.05) is 6.92 Å². The fourth-order valence-electron chi connectivity index (χ4n) is 2.96. The molecule has 1 heterocycles. The third-order valence-corrected chi connectivity index (χ3v) is 4.60. The lowest BCUT2D eigenvalue weighted by Crippen LogP contribution is -2.36. The molecule has 1 rings (SSSR count). The van der Waals surface area contributed by atoms with Gasteiger partial charge in [0.2, 0.25) is 0 Å². The van der Waals surface area contributed by atoms with Crippen molar-refractivity contribution in [1.29, 1.82) is 0 Å². The van der Waals surface area contributed by atoms with Crippen LogP contribution in [0, 0.1) is 17.8 Å². The topological polar surface area (TPSA) is 49.5 Å². The largest absolute Gasteiger partial charge is 0.403 e. The Morgan fingerprint density at radius 1 is 1.30 bits per heavy atom. The quantitative estimate of drug-likeness (QED) is 0.735. The van der Waals surface area contributed by atoms with Crippen LogP contribution in [0.2, 0.25) is 0 Å². The van der Waals surface area contributed by atoms with Crippen molar-refractivity contribution < 1.29 is 5.11 Å². The van der Waals surface area contributed by atoms with Crippen LogP contribution < -0.4 is 5.73 Å². The maximum Gasteiger partial charge on any atom is 0.0541 e. The third-order valence-electron chi connectivity index (χ3n) is 4.60. The van der Waals surface area contributed by atoms with Crippen molar-refractivity contribution >= 4 is 0 Å². The molecule has 1 aliphatic heterocycles. The molecular weight excluding hydrogens is 248 g/mol. The Bertz CT molecular complexity index is 326. The summed E-state index contributed by atoms with van der Waals surface area (Å²) in [6, 6.07) is 0. The van der Waals surface area contributed by atoms with Gasteiger partial charge in [-0.3, -0.25) is 0 Å². The van der Waals surface area contributed by atoms with E-state index in [-0.39, 0.29) is 6.10 Å². The monoisotopic (exact) mass is 280 g/mol. The van der Waals surface area contributed by atoms with Crippen LogP contribution in [0.1, 0.15) is 47.0 Å². The van der Waals surface area contributed by atoms with E-state index in [9.17, 15) is 5.11 Å². The molecule has 0 aromatic carbocycles. The second-order valence-electron chi connectivity index (χ2n) is 6.33. The Balaban J connectivity index is 2.58. The van der Waals surface area contributed by atoms with E-state index in [1.165, 1.54) is 0 Å². The average molecular weight is 280 g/mol. The summed E-state index contributed by atoms with van der Waals surface area (Å²) in [6.45, 7) is 10.6. The Labute approximate surface area is 124 Å². The van der Waals surface area contributed by atoms with Crippen LogP contribution in [0.3, 0.4) is 0 Å². The van der Waals surface area contributed by atoms with E-state index >= 15 is 0 Å². The van der Waals surface area contributed by atoms with Gasteiger partial charge in [-0.15, -0.1) is 0 Å². The molecular formula is C17H32N2O. The molecule has 116 valence electrons. The second-order valence-corrected chi connectivity index (χ2v) is 6.33. The summed E-state index contributed by atoms with van der Waals surface area (Å²) in [5.74, 6) is 1.71. The van der Waals surface area contributed by atoms with Gasteiger partial charge in [0.15, 0.2) is 0 Å². The second kappa shape index (κ2) is 8.35. The van der Waals surface area contributed by atoms with Crippen LogP contribution in [0.25, 0.3) is 0 Å². The van der Waals surface area contributed by atoms with Gasteiger partial charge in [-0.2, -0.15) is 0 Å². The lowest BCUT2D eigenvalue weighted by atomic mass is 9.91. The Morgan fingerprint density at radius 2 is 1.90 bits per heavy atom. The molecule has 20 heavy (non-hydrogen) atoms. The summed E-state index contributed by atoms with van der Waals surface area (Å²) in [7, 11) is 0. The predicted octanol–water partition coefficient (Wildman–Crippen LogP) is 3.12. The lowest BCUT2D eigenvalue weighted by molar-refractivity contribution is 0.0824. The fourth-order valence-corrected chi connectivity index (χ4v) is 2.96. The van der Waals surface area contributed by atoms with Crippen molar-refractivity contribution in [2.45, 2.75) is 53.1 Å². The van der Waals surface area contributed by atoms with Crippen molar-refractivity contribution in [2.24, 2.45) is 23.5 Å². The van der Waals surface area contributed by atoms with Crippen molar-refractivity contribution in [1.82, 2.24) is 4.90 Å². The first-order valence-electron chi connectivity index (χ1n) is 8.02. The average Bonchev–Trinajstić information content (AvgIpc) is 2.43. The number of aliphatic hydroxyl groups excluding tert-OH is 1. The number of likely N-dealkylation sites (tertiary alicyclic amines) is 1. The van der Waals surface area contributed by atoms with Gasteiger partial charge in [-0.25, -0.2) is 0 Å². The summed E-state index contributed by atoms with van der Waals surface area (Å²) in [6.07, 6.45) is 9.25. The maximum atomic E-state index is 9.66. The molecule has 1 aliphatic rings. The summed E-state index contributed by atoms with van der Waals surface area (Å²) in [4.78, 5) is 2.34. The predicted molar refractivity (Wildman–Crippen MR) is 86.0 cm³/mol. The van der Waals surface area contributed by atoms with Crippen molar-refractivity contribution in [2.75, 3.05) is 13.1 Å². The first-order chi connectivity index (χ1) is 9.49. The van der Waals surface area contributed by atoms with E-state index < -0.39 is 0 Å². The zero-order valence-electron chi connectivity index (χ0n) is 13.5. The van der Waals surface area contributed by atoms with Gasteiger partial charge in [-0.1, -0.05) is 26.8 Å². The molecule has 3 N–H and O–H groups in total. The van der Waals surface area contributed by atoms with Gasteiger partial charge in [0.05, 0.1) is 11.8 Å². The Morgan fingerprint density at radius 3 is 2.30 bits per heavy atom. The molecule has 3 heteroatoms. The minimum absolute atomic E-state index is 0.191. The molecule has 2 unspecified atom stereocenters. The molecule has 0 amide bonds. The van der Waals surface area contributed by atoms with Gasteiger partial charge < -0.3 is 15.7 Å². The highest BCUT2D eigenvalue weighted by molar-refractivity contribution is 5.18. The van der Waals surface area contributed by atoms with E-state index in [2.05, 4.69) is 37.8 Å². The highest BCUT2D eigenvalue weighted by Crippen LogP contribution is 2.24. The maximum absolute atomic E-state index is 9.66. The molecule has 0 spiro atoms. The van der Waals surface area contributed by atoms with Crippen LogP contribution in [-0.2, 0) is 0 Å². The van der Waals surface area contributed by atoms with Gasteiger partial charge in [0.1, 0.15) is 0 Å². The fraction of sp³-hybridized carbons (Fsp3) is 0.765. The van der Waals surface area contributed by atoms with Crippen LogP contribution in [0.5, 0.6) is 0 Å². The first kappa shape index (κ1) is 17.1. The lowest BCUT2D eigenvalue weighted by Gasteiger charge is -2.35.